The number of amides is 1. The van der Waals surface area contributed by atoms with Crippen molar-refractivity contribution in [2.24, 2.45) is 0 Å². The average Bonchev–Trinajstić information content (AvgIpc) is 2.85. The lowest BCUT2D eigenvalue weighted by molar-refractivity contribution is -0.385. The predicted molar refractivity (Wildman–Crippen MR) is 89.6 cm³/mol. The summed E-state index contributed by atoms with van der Waals surface area (Å²) in [5, 5.41) is 14.3. The molecule has 2 aromatic rings. The number of aromatic nitrogens is 1. The van der Waals surface area contributed by atoms with Gasteiger partial charge in [-0.2, -0.15) is 0 Å². The van der Waals surface area contributed by atoms with E-state index in [9.17, 15) is 14.9 Å². The molecular weight excluding hydrogens is 306 g/mol. The molecule has 0 radical (unpaired) electrons. The quantitative estimate of drug-likeness (QED) is 0.693. The van der Waals surface area contributed by atoms with Gasteiger partial charge >= 0.3 is 0 Å². The molecule has 0 bridgehead atoms. The maximum absolute atomic E-state index is 12.5. The van der Waals surface area contributed by atoms with E-state index in [0.717, 1.165) is 24.8 Å². The van der Waals surface area contributed by atoms with Crippen LogP contribution in [0.4, 0.5) is 11.4 Å². The lowest BCUT2D eigenvalue weighted by Gasteiger charge is -2.36. The number of pyridine rings is 1. The fourth-order valence-electron chi connectivity index (χ4n) is 3.54. The average molecular weight is 321 g/mol. The van der Waals surface area contributed by atoms with E-state index in [1.54, 1.807) is 18.3 Å². The molecule has 1 aliphatic heterocycles. The molecule has 120 valence electrons. The van der Waals surface area contributed by atoms with E-state index in [-0.39, 0.29) is 11.6 Å². The number of benzene rings is 1. The zero-order valence-electron chi connectivity index (χ0n) is 12.9. The van der Waals surface area contributed by atoms with E-state index in [4.69, 9.17) is 0 Å². The van der Waals surface area contributed by atoms with E-state index >= 15 is 0 Å². The molecule has 6 heteroatoms. The molecule has 1 aromatic heterocycles. The number of rotatable bonds is 3. The fraction of sp³-hybridized carbons (Fsp3) is 0.222. The van der Waals surface area contributed by atoms with Crippen LogP contribution in [0, 0.1) is 10.1 Å². The number of nitro groups is 1. The number of carbonyl (C=O) groups is 1. The number of nitro benzene ring substituents is 1. The Labute approximate surface area is 138 Å². The van der Waals surface area contributed by atoms with E-state index in [1.807, 2.05) is 6.07 Å². The first-order valence-electron chi connectivity index (χ1n) is 7.78. The maximum Gasteiger partial charge on any atom is 0.270 e. The zero-order chi connectivity index (χ0) is 16.9. The summed E-state index contributed by atoms with van der Waals surface area (Å²) < 4.78 is 0. The van der Waals surface area contributed by atoms with Gasteiger partial charge in [-0.05, 0) is 30.5 Å². The number of non-ortho nitro benzene ring substituents is 1. The van der Waals surface area contributed by atoms with Gasteiger partial charge in [0.15, 0.2) is 0 Å². The Balaban J connectivity index is 1.92. The highest BCUT2D eigenvalue weighted by Gasteiger charge is 2.52. The highest BCUT2D eigenvalue weighted by atomic mass is 16.6. The lowest BCUT2D eigenvalue weighted by atomic mass is 9.65. The molecule has 2 aliphatic rings. The van der Waals surface area contributed by atoms with Crippen molar-refractivity contribution in [3.8, 4) is 0 Å². The van der Waals surface area contributed by atoms with Crippen LogP contribution in [0.2, 0.25) is 0 Å². The highest BCUT2D eigenvalue weighted by Crippen LogP contribution is 2.53. The van der Waals surface area contributed by atoms with E-state index in [0.29, 0.717) is 22.5 Å². The first-order valence-corrected chi connectivity index (χ1v) is 7.78. The monoisotopic (exact) mass is 321 g/mol. The van der Waals surface area contributed by atoms with Gasteiger partial charge in [0.25, 0.3) is 5.69 Å². The van der Waals surface area contributed by atoms with Crippen LogP contribution in [0.15, 0.2) is 43.1 Å². The Bertz CT molecular complexity index is 886. The minimum atomic E-state index is -0.611. The van der Waals surface area contributed by atoms with Crippen LogP contribution in [-0.4, -0.2) is 15.8 Å². The van der Waals surface area contributed by atoms with Crippen LogP contribution < -0.4 is 5.32 Å². The number of nitrogens with zero attached hydrogens (tertiary/aromatic N) is 2. The summed E-state index contributed by atoms with van der Waals surface area (Å²) in [7, 11) is 0. The third-order valence-electron chi connectivity index (χ3n) is 5.03. The normalized spacial score (nSPS) is 17.1. The second kappa shape index (κ2) is 4.99. The second-order valence-electron chi connectivity index (χ2n) is 6.26. The van der Waals surface area contributed by atoms with Crippen LogP contribution in [0.1, 0.15) is 36.1 Å². The largest absolute Gasteiger partial charge is 0.324 e. The van der Waals surface area contributed by atoms with Crippen molar-refractivity contribution in [2.75, 3.05) is 5.32 Å². The Morgan fingerprint density at radius 3 is 2.71 bits per heavy atom. The number of carbonyl (C=O) groups excluding carboxylic acids is 1. The molecular formula is C18H15N3O3. The molecule has 1 spiro atoms. The standard InChI is InChI=1S/C18H15N3O3/c1-11(15-5-2-3-8-19-15)13-9-12(21(23)24)10-14-16(13)20-17(22)18(14)6-4-7-18/h2-3,5,8-10H,1,4,6-7H2,(H,20,22). The van der Waals surface area contributed by atoms with Crippen LogP contribution in [0.25, 0.3) is 5.57 Å². The Hall–Kier alpha value is -3.02. The molecule has 24 heavy (non-hydrogen) atoms. The molecule has 0 unspecified atom stereocenters. The molecule has 1 aliphatic carbocycles. The summed E-state index contributed by atoms with van der Waals surface area (Å²) in [5.41, 5.74) is 2.48. The van der Waals surface area contributed by atoms with Gasteiger partial charge in [-0.25, -0.2) is 0 Å². The van der Waals surface area contributed by atoms with Gasteiger partial charge in [-0.15, -0.1) is 0 Å². The molecule has 4 rings (SSSR count). The number of hydrogen-bond donors (Lipinski definition) is 1. The van der Waals surface area contributed by atoms with Crippen molar-refractivity contribution in [1.29, 1.82) is 0 Å². The minimum Gasteiger partial charge on any atom is -0.324 e. The van der Waals surface area contributed by atoms with Crippen molar-refractivity contribution in [3.05, 3.63) is 70.0 Å². The Morgan fingerprint density at radius 2 is 2.12 bits per heavy atom. The molecule has 1 saturated carbocycles. The van der Waals surface area contributed by atoms with E-state index in [1.165, 1.54) is 12.1 Å². The van der Waals surface area contributed by atoms with Gasteiger partial charge in [-0.3, -0.25) is 19.9 Å². The van der Waals surface area contributed by atoms with Crippen molar-refractivity contribution in [2.45, 2.75) is 24.7 Å². The van der Waals surface area contributed by atoms with Gasteiger partial charge < -0.3 is 5.32 Å². The fourth-order valence-corrected chi connectivity index (χ4v) is 3.54. The lowest BCUT2D eigenvalue weighted by Crippen LogP contribution is -2.40. The maximum atomic E-state index is 12.5. The van der Waals surface area contributed by atoms with Crippen molar-refractivity contribution in [3.63, 3.8) is 0 Å². The molecule has 6 nitrogen and oxygen atoms in total. The molecule has 1 fully saturated rings. The summed E-state index contributed by atoms with van der Waals surface area (Å²) in [6.07, 6.45) is 4.04. The Morgan fingerprint density at radius 1 is 1.33 bits per heavy atom. The Kier molecular flexibility index (Phi) is 3.03. The minimum absolute atomic E-state index is 0.0244. The van der Waals surface area contributed by atoms with E-state index in [2.05, 4.69) is 16.9 Å². The van der Waals surface area contributed by atoms with Crippen molar-refractivity contribution in [1.82, 2.24) is 4.98 Å². The SMILES string of the molecule is C=C(c1ccccn1)c1cc([N+](=O)[O-])cc2c1NC(=O)C21CCC1. The molecule has 1 aromatic carbocycles. The van der Waals surface area contributed by atoms with Crippen molar-refractivity contribution >= 4 is 22.9 Å². The van der Waals surface area contributed by atoms with Gasteiger partial charge in [0, 0.05) is 29.5 Å². The summed E-state index contributed by atoms with van der Waals surface area (Å²) in [5.74, 6) is -0.0701. The summed E-state index contributed by atoms with van der Waals surface area (Å²) in [4.78, 5) is 27.7. The summed E-state index contributed by atoms with van der Waals surface area (Å²) in [6.45, 7) is 4.05. The summed E-state index contributed by atoms with van der Waals surface area (Å²) in [6, 6.07) is 8.41. The topological polar surface area (TPSA) is 85.1 Å². The van der Waals surface area contributed by atoms with Gasteiger partial charge in [-0.1, -0.05) is 19.1 Å². The second-order valence-corrected chi connectivity index (χ2v) is 6.26. The first-order chi connectivity index (χ1) is 11.5. The highest BCUT2D eigenvalue weighted by molar-refractivity contribution is 6.10. The molecule has 1 N–H and O–H groups in total. The number of anilines is 1. The molecule has 1 amide bonds. The van der Waals surface area contributed by atoms with Crippen LogP contribution in [-0.2, 0) is 10.2 Å². The van der Waals surface area contributed by atoms with Crippen LogP contribution in [0.5, 0.6) is 0 Å². The summed E-state index contributed by atoms with van der Waals surface area (Å²) >= 11 is 0. The molecule has 2 heterocycles. The van der Waals surface area contributed by atoms with Gasteiger partial charge in [0.2, 0.25) is 5.91 Å². The van der Waals surface area contributed by atoms with E-state index < -0.39 is 10.3 Å². The third-order valence-corrected chi connectivity index (χ3v) is 5.03. The third kappa shape index (κ3) is 1.89. The van der Waals surface area contributed by atoms with Crippen LogP contribution in [0.3, 0.4) is 0 Å². The van der Waals surface area contributed by atoms with Gasteiger partial charge in [0.1, 0.15) is 0 Å². The predicted octanol–water partition coefficient (Wildman–Crippen LogP) is 3.43. The molecule has 0 saturated heterocycles. The first kappa shape index (κ1) is 14.6. The van der Waals surface area contributed by atoms with Crippen molar-refractivity contribution < 1.29 is 9.72 Å². The number of nitrogens with one attached hydrogen (secondary N) is 1. The zero-order valence-corrected chi connectivity index (χ0v) is 12.9. The van der Waals surface area contributed by atoms with Gasteiger partial charge in [0.05, 0.1) is 21.7 Å². The number of hydrogen-bond acceptors (Lipinski definition) is 4. The number of fused-ring (bicyclic) bond motifs is 2. The smallest absolute Gasteiger partial charge is 0.270 e. The molecule has 0 atom stereocenters. The van der Waals surface area contributed by atoms with Crippen LogP contribution >= 0.6 is 0 Å².